The third-order valence-electron chi connectivity index (χ3n) is 3.72. The molecule has 0 unspecified atom stereocenters. The summed E-state index contributed by atoms with van der Waals surface area (Å²) in [6.07, 6.45) is 1.44. The molecule has 1 amide bonds. The number of aromatic nitrogens is 1. The Balaban J connectivity index is 2.60. The molecule has 0 saturated heterocycles. The van der Waals surface area contributed by atoms with Crippen LogP contribution in [0.4, 0.5) is 4.79 Å². The van der Waals surface area contributed by atoms with Crippen LogP contribution in [0.5, 0.6) is 0 Å². The van der Waals surface area contributed by atoms with Gasteiger partial charge in [0.2, 0.25) is 5.89 Å². The second-order valence-electron chi connectivity index (χ2n) is 8.55. The number of rotatable bonds is 7. The van der Waals surface area contributed by atoms with Gasteiger partial charge in [0.05, 0.1) is 6.20 Å². The summed E-state index contributed by atoms with van der Waals surface area (Å²) in [5.41, 5.74) is -0.584. The second-order valence-corrected chi connectivity index (χ2v) is 8.55. The van der Waals surface area contributed by atoms with E-state index in [2.05, 4.69) is 41.4 Å². The lowest BCUT2D eigenvalue weighted by Crippen LogP contribution is -2.44. The molecule has 0 spiro atoms. The van der Waals surface area contributed by atoms with E-state index < -0.39 is 5.60 Å². The van der Waals surface area contributed by atoms with Crippen molar-refractivity contribution in [3.63, 3.8) is 0 Å². The van der Waals surface area contributed by atoms with Crippen molar-refractivity contribution in [1.29, 1.82) is 0 Å². The average Bonchev–Trinajstić information content (AvgIpc) is 3.04. The third-order valence-corrected chi connectivity index (χ3v) is 3.72. The second kappa shape index (κ2) is 10.3. The lowest BCUT2D eigenvalue weighted by molar-refractivity contribution is 0.0264. The summed E-state index contributed by atoms with van der Waals surface area (Å²) in [5, 5.41) is 6.41. The minimum absolute atomic E-state index is 0.0804. The molecular formula is C20H37N5O3. The summed E-state index contributed by atoms with van der Waals surface area (Å²) in [5.74, 6) is 2.07. The lowest BCUT2D eigenvalue weighted by Gasteiger charge is -2.26. The first kappa shape index (κ1) is 23.8. The van der Waals surface area contributed by atoms with E-state index >= 15 is 0 Å². The fraction of sp³-hybridized carbons (Fsp3) is 0.750. The van der Waals surface area contributed by atoms with Gasteiger partial charge in [-0.15, -0.1) is 0 Å². The van der Waals surface area contributed by atoms with E-state index in [-0.39, 0.29) is 11.5 Å². The van der Waals surface area contributed by atoms with Crippen LogP contribution < -0.4 is 10.6 Å². The number of nitrogens with one attached hydrogen (secondary N) is 2. The Labute approximate surface area is 169 Å². The van der Waals surface area contributed by atoms with Gasteiger partial charge in [0, 0.05) is 31.6 Å². The fourth-order valence-corrected chi connectivity index (χ4v) is 2.23. The van der Waals surface area contributed by atoms with Gasteiger partial charge in [-0.2, -0.15) is 0 Å². The van der Waals surface area contributed by atoms with Crippen molar-refractivity contribution < 1.29 is 13.9 Å². The number of carbonyl (C=O) groups excluding carboxylic acids is 1. The fourth-order valence-electron chi connectivity index (χ4n) is 2.23. The number of guanidine groups is 1. The zero-order valence-electron chi connectivity index (χ0n) is 18.7. The highest BCUT2D eigenvalue weighted by Gasteiger charge is 2.21. The summed E-state index contributed by atoms with van der Waals surface area (Å²) >= 11 is 0. The first-order valence-corrected chi connectivity index (χ1v) is 9.91. The maximum Gasteiger partial charge on any atom is 0.410 e. The van der Waals surface area contributed by atoms with Gasteiger partial charge in [-0.3, -0.25) is 0 Å². The number of ether oxygens (including phenoxy) is 1. The van der Waals surface area contributed by atoms with Gasteiger partial charge in [0.15, 0.2) is 5.96 Å². The Morgan fingerprint density at radius 1 is 1.21 bits per heavy atom. The predicted molar refractivity (Wildman–Crippen MR) is 112 cm³/mol. The van der Waals surface area contributed by atoms with Crippen LogP contribution in [0.1, 0.15) is 67.0 Å². The van der Waals surface area contributed by atoms with Crippen LogP contribution in [0, 0.1) is 0 Å². The molecule has 0 aliphatic heterocycles. The largest absolute Gasteiger partial charge is 0.444 e. The Morgan fingerprint density at radius 3 is 2.39 bits per heavy atom. The minimum atomic E-state index is -0.504. The van der Waals surface area contributed by atoms with Gasteiger partial charge in [0.25, 0.3) is 0 Å². The van der Waals surface area contributed by atoms with E-state index in [1.165, 1.54) is 0 Å². The van der Waals surface area contributed by atoms with E-state index in [0.29, 0.717) is 38.0 Å². The molecule has 8 heteroatoms. The number of oxazole rings is 1. The quantitative estimate of drug-likeness (QED) is 0.544. The molecule has 0 aliphatic rings. The molecule has 0 fully saturated rings. The van der Waals surface area contributed by atoms with Gasteiger partial charge in [-0.25, -0.2) is 14.8 Å². The van der Waals surface area contributed by atoms with E-state index in [4.69, 9.17) is 9.15 Å². The molecule has 1 rings (SSSR count). The third kappa shape index (κ3) is 8.63. The van der Waals surface area contributed by atoms with E-state index in [0.717, 1.165) is 12.3 Å². The molecule has 1 aromatic heterocycles. The molecule has 0 radical (unpaired) electrons. The Bertz CT molecular complexity index is 641. The van der Waals surface area contributed by atoms with Crippen LogP contribution in [0.15, 0.2) is 15.6 Å². The summed E-state index contributed by atoms with van der Waals surface area (Å²) in [6, 6.07) is 0. The van der Waals surface area contributed by atoms with E-state index in [1.807, 2.05) is 34.6 Å². The Kier molecular flexibility index (Phi) is 8.78. The summed E-state index contributed by atoms with van der Waals surface area (Å²) < 4.78 is 11.2. The van der Waals surface area contributed by atoms with Crippen LogP contribution >= 0.6 is 0 Å². The van der Waals surface area contributed by atoms with E-state index in [9.17, 15) is 4.79 Å². The van der Waals surface area contributed by atoms with Crippen LogP contribution in [0.25, 0.3) is 0 Å². The Morgan fingerprint density at radius 2 is 1.89 bits per heavy atom. The van der Waals surface area contributed by atoms with Crippen molar-refractivity contribution in [2.75, 3.05) is 26.2 Å². The molecule has 1 heterocycles. The normalized spacial score (nSPS) is 12.6. The van der Waals surface area contributed by atoms with Crippen molar-refractivity contribution in [3.05, 3.63) is 17.8 Å². The van der Waals surface area contributed by atoms with Crippen molar-refractivity contribution in [1.82, 2.24) is 20.5 Å². The summed E-state index contributed by atoms with van der Waals surface area (Å²) in [7, 11) is 0. The smallest absolute Gasteiger partial charge is 0.410 e. The van der Waals surface area contributed by atoms with Gasteiger partial charge in [-0.05, 0) is 34.6 Å². The molecule has 8 nitrogen and oxygen atoms in total. The molecule has 1 aromatic rings. The Hall–Kier alpha value is -2.25. The van der Waals surface area contributed by atoms with Crippen molar-refractivity contribution >= 4 is 12.1 Å². The minimum Gasteiger partial charge on any atom is -0.444 e. The maximum atomic E-state index is 12.2. The highest BCUT2D eigenvalue weighted by Crippen LogP contribution is 2.22. The molecule has 0 saturated carbocycles. The lowest BCUT2D eigenvalue weighted by atomic mass is 9.94. The zero-order chi connectivity index (χ0) is 21.4. The maximum absolute atomic E-state index is 12.2. The van der Waals surface area contributed by atoms with Crippen LogP contribution in [0.3, 0.4) is 0 Å². The van der Waals surface area contributed by atoms with Gasteiger partial charge in [0.1, 0.15) is 17.9 Å². The van der Waals surface area contributed by atoms with E-state index in [1.54, 1.807) is 11.1 Å². The molecule has 0 aliphatic carbocycles. The van der Waals surface area contributed by atoms with Gasteiger partial charge < -0.3 is 24.7 Å². The number of nitrogens with zero attached hydrogens (tertiary/aromatic N) is 3. The van der Waals surface area contributed by atoms with Crippen molar-refractivity contribution in [2.45, 2.75) is 73.0 Å². The number of hydrogen-bond donors (Lipinski definition) is 2. The predicted octanol–water partition coefficient (Wildman–Crippen LogP) is 3.28. The topological polar surface area (TPSA) is 92.0 Å². The SMILES string of the molecule is CCNC(=NCc1ncc(C(C)(C)C)o1)NCCN(CC)C(=O)OC(C)(C)C. The summed E-state index contributed by atoms with van der Waals surface area (Å²) in [6.45, 7) is 18.5. The van der Waals surface area contributed by atoms with Gasteiger partial charge in [-0.1, -0.05) is 20.8 Å². The van der Waals surface area contributed by atoms with Crippen LogP contribution in [-0.4, -0.2) is 53.7 Å². The van der Waals surface area contributed by atoms with Crippen molar-refractivity contribution in [3.8, 4) is 0 Å². The monoisotopic (exact) mass is 395 g/mol. The average molecular weight is 396 g/mol. The van der Waals surface area contributed by atoms with Crippen LogP contribution in [-0.2, 0) is 16.7 Å². The standard InChI is InChI=1S/C20H37N5O3/c1-9-21-17(24-14-16-23-13-15(27-16)19(3,4)5)22-11-12-25(10-2)18(26)28-20(6,7)8/h13H,9-12,14H2,1-8H3,(H2,21,22,24). The first-order chi connectivity index (χ1) is 13.0. The molecule has 0 atom stereocenters. The molecule has 0 aromatic carbocycles. The molecule has 160 valence electrons. The van der Waals surface area contributed by atoms with Crippen molar-refractivity contribution in [2.24, 2.45) is 4.99 Å². The first-order valence-electron chi connectivity index (χ1n) is 9.91. The highest BCUT2D eigenvalue weighted by molar-refractivity contribution is 5.79. The number of aliphatic imine (C=N–C) groups is 1. The number of likely N-dealkylation sites (N-methyl/N-ethyl adjacent to an activating group) is 1. The number of carbonyl (C=O) groups is 1. The molecule has 0 bridgehead atoms. The molecule has 2 N–H and O–H groups in total. The zero-order valence-corrected chi connectivity index (χ0v) is 18.7. The molecular weight excluding hydrogens is 358 g/mol. The summed E-state index contributed by atoms with van der Waals surface area (Å²) in [4.78, 5) is 22.7. The van der Waals surface area contributed by atoms with Crippen LogP contribution in [0.2, 0.25) is 0 Å². The number of amides is 1. The van der Waals surface area contributed by atoms with Gasteiger partial charge >= 0.3 is 6.09 Å². The highest BCUT2D eigenvalue weighted by atomic mass is 16.6. The number of hydrogen-bond acceptors (Lipinski definition) is 5. The molecule has 28 heavy (non-hydrogen) atoms.